The quantitative estimate of drug-likeness (QED) is 0.621. The standard InChI is InChI=1S/C19H31N5O3/c1-3-9-21-16-8-7-14(11-17(16)20-4-2)19(26)22-12-15(23-27)13-24-10-5-6-18(24)25/h14-15H,3-13H2,1-2H3,(H,22,26). The van der Waals surface area contributed by atoms with Crippen LogP contribution in [0.15, 0.2) is 15.2 Å². The molecule has 1 aliphatic heterocycles. The second-order valence-corrected chi connectivity index (χ2v) is 7.14. The first-order chi connectivity index (χ1) is 13.1. The average Bonchev–Trinajstić information content (AvgIpc) is 3.08. The molecular weight excluding hydrogens is 346 g/mol. The van der Waals surface area contributed by atoms with Gasteiger partial charge in [0.1, 0.15) is 6.04 Å². The fourth-order valence-corrected chi connectivity index (χ4v) is 3.55. The summed E-state index contributed by atoms with van der Waals surface area (Å²) >= 11 is 0. The van der Waals surface area contributed by atoms with E-state index in [9.17, 15) is 14.5 Å². The molecule has 8 nitrogen and oxygen atoms in total. The molecule has 0 aromatic carbocycles. The van der Waals surface area contributed by atoms with Gasteiger partial charge in [0.25, 0.3) is 0 Å². The average molecular weight is 377 g/mol. The first-order valence-corrected chi connectivity index (χ1v) is 10.0. The van der Waals surface area contributed by atoms with E-state index in [0.29, 0.717) is 25.9 Å². The number of rotatable bonds is 9. The molecule has 0 aromatic heterocycles. The summed E-state index contributed by atoms with van der Waals surface area (Å²) in [6.07, 6.45) is 4.43. The van der Waals surface area contributed by atoms with E-state index in [4.69, 9.17) is 0 Å². The molecule has 1 saturated heterocycles. The van der Waals surface area contributed by atoms with Gasteiger partial charge in [0.05, 0.1) is 11.4 Å². The number of nitroso groups, excluding NO2 is 1. The fourth-order valence-electron chi connectivity index (χ4n) is 3.55. The van der Waals surface area contributed by atoms with E-state index in [1.165, 1.54) is 0 Å². The molecule has 2 amide bonds. The maximum absolute atomic E-state index is 12.6. The molecule has 150 valence electrons. The Morgan fingerprint density at radius 3 is 2.70 bits per heavy atom. The maximum Gasteiger partial charge on any atom is 0.223 e. The fraction of sp³-hybridized carbons (Fsp3) is 0.789. The lowest BCUT2D eigenvalue weighted by Gasteiger charge is -2.25. The van der Waals surface area contributed by atoms with Crippen LogP contribution in [-0.4, -0.2) is 66.9 Å². The lowest BCUT2D eigenvalue weighted by molar-refractivity contribution is -0.127. The second kappa shape index (κ2) is 10.9. The highest BCUT2D eigenvalue weighted by atomic mass is 16.3. The molecule has 0 aromatic rings. The van der Waals surface area contributed by atoms with Gasteiger partial charge < -0.3 is 10.2 Å². The molecule has 0 radical (unpaired) electrons. The molecular formula is C19H31N5O3. The zero-order chi connectivity index (χ0) is 19.6. The van der Waals surface area contributed by atoms with Crippen molar-refractivity contribution in [3.63, 3.8) is 0 Å². The number of nitrogens with zero attached hydrogens (tertiary/aromatic N) is 4. The number of hydrogen-bond donors (Lipinski definition) is 1. The largest absolute Gasteiger partial charge is 0.353 e. The summed E-state index contributed by atoms with van der Waals surface area (Å²) in [5.41, 5.74) is 1.97. The highest BCUT2D eigenvalue weighted by molar-refractivity contribution is 6.43. The van der Waals surface area contributed by atoms with Gasteiger partial charge in [-0.05, 0) is 32.6 Å². The Morgan fingerprint density at radius 2 is 2.07 bits per heavy atom. The number of carbonyl (C=O) groups excluding carboxylic acids is 2. The summed E-state index contributed by atoms with van der Waals surface area (Å²) in [5.74, 6) is -0.173. The molecule has 27 heavy (non-hydrogen) atoms. The second-order valence-electron chi connectivity index (χ2n) is 7.14. The molecule has 1 heterocycles. The van der Waals surface area contributed by atoms with Gasteiger partial charge >= 0.3 is 0 Å². The maximum atomic E-state index is 12.6. The van der Waals surface area contributed by atoms with Crippen molar-refractivity contribution in [3.8, 4) is 0 Å². The van der Waals surface area contributed by atoms with Gasteiger partial charge in [-0.2, -0.15) is 4.91 Å². The highest BCUT2D eigenvalue weighted by Crippen LogP contribution is 2.22. The van der Waals surface area contributed by atoms with Gasteiger partial charge in [-0.3, -0.25) is 19.6 Å². The van der Waals surface area contributed by atoms with Crippen LogP contribution in [-0.2, 0) is 9.59 Å². The molecule has 1 saturated carbocycles. The Labute approximate surface area is 160 Å². The van der Waals surface area contributed by atoms with Crippen molar-refractivity contribution in [1.82, 2.24) is 10.2 Å². The van der Waals surface area contributed by atoms with Crippen LogP contribution in [0.2, 0.25) is 0 Å². The topological polar surface area (TPSA) is 104 Å². The predicted molar refractivity (Wildman–Crippen MR) is 106 cm³/mol. The van der Waals surface area contributed by atoms with Gasteiger partial charge in [0.2, 0.25) is 11.8 Å². The van der Waals surface area contributed by atoms with Crippen LogP contribution in [0.5, 0.6) is 0 Å². The molecule has 2 rings (SSSR count). The Bertz CT molecular complexity index is 602. The van der Waals surface area contributed by atoms with Gasteiger partial charge in [-0.25, -0.2) is 0 Å². The number of carbonyl (C=O) groups is 2. The lowest BCUT2D eigenvalue weighted by Crippen LogP contribution is -2.43. The zero-order valence-corrected chi connectivity index (χ0v) is 16.4. The van der Waals surface area contributed by atoms with Crippen LogP contribution in [0.3, 0.4) is 0 Å². The monoisotopic (exact) mass is 377 g/mol. The van der Waals surface area contributed by atoms with E-state index < -0.39 is 6.04 Å². The summed E-state index contributed by atoms with van der Waals surface area (Å²) in [5, 5.41) is 5.94. The summed E-state index contributed by atoms with van der Waals surface area (Å²) in [4.78, 5) is 46.1. The highest BCUT2D eigenvalue weighted by Gasteiger charge is 2.29. The van der Waals surface area contributed by atoms with Crippen LogP contribution >= 0.6 is 0 Å². The van der Waals surface area contributed by atoms with Crippen molar-refractivity contribution in [3.05, 3.63) is 4.91 Å². The van der Waals surface area contributed by atoms with Crippen molar-refractivity contribution in [2.45, 2.75) is 58.4 Å². The first-order valence-electron chi connectivity index (χ1n) is 10.0. The van der Waals surface area contributed by atoms with E-state index in [1.807, 2.05) is 6.92 Å². The van der Waals surface area contributed by atoms with Crippen LogP contribution in [0.4, 0.5) is 0 Å². The summed E-state index contributed by atoms with van der Waals surface area (Å²) < 4.78 is 0. The summed E-state index contributed by atoms with van der Waals surface area (Å²) in [7, 11) is 0. The Kier molecular flexibility index (Phi) is 8.54. The molecule has 2 atom stereocenters. The van der Waals surface area contributed by atoms with E-state index in [0.717, 1.165) is 43.7 Å². The van der Waals surface area contributed by atoms with Crippen LogP contribution in [0.1, 0.15) is 52.4 Å². The SMILES string of the molecule is CCCN=C1CCC(C(=O)NCC(CN2CCCC2=O)N=O)CC1=NCC. The van der Waals surface area contributed by atoms with Crippen molar-refractivity contribution in [1.29, 1.82) is 0 Å². The molecule has 0 spiro atoms. The smallest absolute Gasteiger partial charge is 0.223 e. The van der Waals surface area contributed by atoms with Gasteiger partial charge in [-0.15, -0.1) is 0 Å². The zero-order valence-electron chi connectivity index (χ0n) is 16.4. The van der Waals surface area contributed by atoms with Crippen molar-refractivity contribution in [2.75, 3.05) is 32.7 Å². The molecule has 8 heteroatoms. The van der Waals surface area contributed by atoms with E-state index >= 15 is 0 Å². The van der Waals surface area contributed by atoms with E-state index in [2.05, 4.69) is 27.4 Å². The molecule has 2 fully saturated rings. The van der Waals surface area contributed by atoms with Gasteiger partial charge in [0, 0.05) is 51.5 Å². The van der Waals surface area contributed by atoms with Crippen molar-refractivity contribution in [2.24, 2.45) is 21.1 Å². The van der Waals surface area contributed by atoms with Crippen LogP contribution in [0, 0.1) is 10.8 Å². The van der Waals surface area contributed by atoms with E-state index in [-0.39, 0.29) is 30.8 Å². The predicted octanol–water partition coefficient (Wildman–Crippen LogP) is 1.97. The third-order valence-corrected chi connectivity index (χ3v) is 5.01. The van der Waals surface area contributed by atoms with Crippen LogP contribution < -0.4 is 5.32 Å². The summed E-state index contributed by atoms with van der Waals surface area (Å²) in [6, 6.07) is -0.606. The molecule has 2 unspecified atom stereocenters. The molecule has 0 bridgehead atoms. The molecule has 2 aliphatic rings. The number of likely N-dealkylation sites (tertiary alicyclic amines) is 1. The van der Waals surface area contributed by atoms with Crippen molar-refractivity contribution < 1.29 is 9.59 Å². The Balaban J connectivity index is 1.86. The van der Waals surface area contributed by atoms with Gasteiger partial charge in [0.15, 0.2) is 0 Å². The normalized spacial score (nSPS) is 24.4. The minimum Gasteiger partial charge on any atom is -0.353 e. The lowest BCUT2D eigenvalue weighted by atomic mass is 9.85. The minimum absolute atomic E-state index is 0.0570. The van der Waals surface area contributed by atoms with Crippen molar-refractivity contribution >= 4 is 23.2 Å². The third-order valence-electron chi connectivity index (χ3n) is 5.01. The number of hydrogen-bond acceptors (Lipinski definition) is 6. The molecule has 1 aliphatic carbocycles. The third kappa shape index (κ3) is 6.22. The first kappa shape index (κ1) is 21.2. The Hall–Kier alpha value is -2.12. The number of amides is 2. The van der Waals surface area contributed by atoms with Gasteiger partial charge in [-0.1, -0.05) is 12.1 Å². The molecule has 1 N–H and O–H groups in total. The van der Waals surface area contributed by atoms with E-state index in [1.54, 1.807) is 4.90 Å². The minimum atomic E-state index is -0.606. The van der Waals surface area contributed by atoms with Crippen LogP contribution in [0.25, 0.3) is 0 Å². The Morgan fingerprint density at radius 1 is 1.26 bits per heavy atom. The number of aliphatic imine (C=N–C) groups is 2. The summed E-state index contributed by atoms with van der Waals surface area (Å²) in [6.45, 7) is 6.65. The number of nitrogens with one attached hydrogen (secondary N) is 1.